The largest absolute Gasteiger partial charge is 0.478 e. The van der Waals surface area contributed by atoms with Crippen LogP contribution in [0.15, 0.2) is 36.4 Å². The normalized spacial score (nSPS) is 10.4. The summed E-state index contributed by atoms with van der Waals surface area (Å²) in [4.78, 5) is 11.0. The first-order chi connectivity index (χ1) is 8.47. The highest BCUT2D eigenvalue weighted by Crippen LogP contribution is 2.32. The molecule has 2 nitrogen and oxygen atoms in total. The molecule has 0 atom stereocenters. The average molecular weight is 302 g/mol. The van der Waals surface area contributed by atoms with E-state index in [1.165, 1.54) is 12.1 Å². The van der Waals surface area contributed by atoms with Gasteiger partial charge in [-0.25, -0.2) is 4.79 Å². The molecule has 0 heterocycles. The smallest absolute Gasteiger partial charge is 0.335 e. The fourth-order valence-corrected chi connectivity index (χ4v) is 2.22. The quantitative estimate of drug-likeness (QED) is 0.846. The van der Waals surface area contributed by atoms with E-state index in [0.717, 1.165) is 0 Å². The van der Waals surface area contributed by atoms with Gasteiger partial charge in [-0.05, 0) is 42.0 Å². The van der Waals surface area contributed by atoms with Crippen molar-refractivity contribution in [1.29, 1.82) is 0 Å². The minimum absolute atomic E-state index is 0.105. The van der Waals surface area contributed by atoms with Gasteiger partial charge in [0.1, 0.15) is 0 Å². The zero-order valence-electron chi connectivity index (χ0n) is 8.95. The molecule has 0 aliphatic rings. The molecule has 0 saturated carbocycles. The average Bonchev–Trinajstić information content (AvgIpc) is 2.31. The number of aromatic carboxylic acids is 1. The van der Waals surface area contributed by atoms with Gasteiger partial charge in [-0.2, -0.15) is 0 Å². The molecule has 2 rings (SSSR count). The molecule has 0 aromatic heterocycles. The zero-order chi connectivity index (χ0) is 13.3. The summed E-state index contributed by atoms with van der Waals surface area (Å²) in [6.45, 7) is 0. The van der Waals surface area contributed by atoms with Gasteiger partial charge in [0.15, 0.2) is 0 Å². The number of carbonyl (C=O) groups is 1. The van der Waals surface area contributed by atoms with Crippen LogP contribution in [0.5, 0.6) is 0 Å². The predicted molar refractivity (Wildman–Crippen MR) is 73.9 cm³/mol. The van der Waals surface area contributed by atoms with Crippen molar-refractivity contribution >= 4 is 40.8 Å². The van der Waals surface area contributed by atoms with Crippen LogP contribution in [0.2, 0.25) is 15.1 Å². The molecule has 0 fully saturated rings. The Morgan fingerprint density at radius 2 is 1.67 bits per heavy atom. The minimum atomic E-state index is -1.04. The summed E-state index contributed by atoms with van der Waals surface area (Å²) >= 11 is 17.9. The maximum atomic E-state index is 11.0. The Morgan fingerprint density at radius 3 is 2.33 bits per heavy atom. The van der Waals surface area contributed by atoms with Gasteiger partial charge in [0.2, 0.25) is 0 Å². The predicted octanol–water partition coefficient (Wildman–Crippen LogP) is 5.01. The third kappa shape index (κ3) is 2.78. The lowest BCUT2D eigenvalue weighted by molar-refractivity contribution is 0.0697. The van der Waals surface area contributed by atoms with Crippen molar-refractivity contribution in [2.24, 2.45) is 0 Å². The van der Waals surface area contributed by atoms with Gasteiger partial charge in [-0.1, -0.05) is 34.8 Å². The summed E-state index contributed by atoms with van der Waals surface area (Å²) in [6.07, 6.45) is 0. The molecule has 5 heteroatoms. The van der Waals surface area contributed by atoms with Gasteiger partial charge >= 0.3 is 5.97 Å². The Bertz CT molecular complexity index is 624. The molecular weight excluding hydrogens is 294 g/mol. The first-order valence-electron chi connectivity index (χ1n) is 4.96. The van der Waals surface area contributed by atoms with Crippen LogP contribution in [-0.2, 0) is 0 Å². The Labute approximate surface area is 119 Å². The molecule has 0 saturated heterocycles. The molecule has 0 spiro atoms. The highest BCUT2D eigenvalue weighted by Gasteiger charge is 2.10. The molecule has 92 valence electrons. The number of hydrogen-bond donors (Lipinski definition) is 1. The highest BCUT2D eigenvalue weighted by atomic mass is 35.5. The second-order valence-corrected chi connectivity index (χ2v) is 4.94. The summed E-state index contributed by atoms with van der Waals surface area (Å²) in [5.41, 5.74) is 1.37. The van der Waals surface area contributed by atoms with Gasteiger partial charge in [0.25, 0.3) is 0 Å². The van der Waals surface area contributed by atoms with E-state index in [-0.39, 0.29) is 5.56 Å². The van der Waals surface area contributed by atoms with Gasteiger partial charge < -0.3 is 5.11 Å². The molecule has 0 aliphatic heterocycles. The third-order valence-corrected chi connectivity index (χ3v) is 3.17. The van der Waals surface area contributed by atoms with Crippen molar-refractivity contribution in [3.63, 3.8) is 0 Å². The molecule has 0 amide bonds. The summed E-state index contributed by atoms with van der Waals surface area (Å²) in [6, 6.07) is 9.51. The van der Waals surface area contributed by atoms with Crippen LogP contribution >= 0.6 is 34.8 Å². The maximum absolute atomic E-state index is 11.0. The molecule has 2 aromatic rings. The molecule has 1 N–H and O–H groups in total. The van der Waals surface area contributed by atoms with E-state index < -0.39 is 5.97 Å². The van der Waals surface area contributed by atoms with Crippen LogP contribution < -0.4 is 0 Å². The van der Waals surface area contributed by atoms with Crippen molar-refractivity contribution in [3.8, 4) is 11.1 Å². The van der Waals surface area contributed by atoms with Crippen LogP contribution in [-0.4, -0.2) is 11.1 Å². The Balaban J connectivity index is 2.63. The lowest BCUT2D eigenvalue weighted by Crippen LogP contribution is -1.96. The second kappa shape index (κ2) is 5.19. The zero-order valence-corrected chi connectivity index (χ0v) is 11.2. The fourth-order valence-electron chi connectivity index (χ4n) is 1.59. The monoisotopic (exact) mass is 300 g/mol. The Hall–Kier alpha value is -1.22. The van der Waals surface area contributed by atoms with Gasteiger partial charge in [0, 0.05) is 20.6 Å². The number of carboxylic acid groups (broad SMARTS) is 1. The molecule has 0 aliphatic carbocycles. The molecule has 0 radical (unpaired) electrons. The Kier molecular flexibility index (Phi) is 3.81. The van der Waals surface area contributed by atoms with Crippen molar-refractivity contribution in [3.05, 3.63) is 57.0 Å². The summed E-state index contributed by atoms with van der Waals surface area (Å²) in [7, 11) is 0. The van der Waals surface area contributed by atoms with E-state index >= 15 is 0 Å². The van der Waals surface area contributed by atoms with Crippen LogP contribution in [0.25, 0.3) is 11.1 Å². The van der Waals surface area contributed by atoms with E-state index in [2.05, 4.69) is 0 Å². The second-order valence-electron chi connectivity index (χ2n) is 3.66. The summed E-state index contributed by atoms with van der Waals surface area (Å²) in [5, 5.41) is 10.3. The summed E-state index contributed by atoms with van der Waals surface area (Å²) < 4.78 is 0. The van der Waals surface area contributed by atoms with E-state index in [9.17, 15) is 4.79 Å². The number of carboxylic acids is 1. The Morgan fingerprint density at radius 1 is 0.944 bits per heavy atom. The van der Waals surface area contributed by atoms with Crippen LogP contribution in [0.1, 0.15) is 10.4 Å². The lowest BCUT2D eigenvalue weighted by atomic mass is 10.0. The molecule has 2 aromatic carbocycles. The topological polar surface area (TPSA) is 37.3 Å². The van der Waals surface area contributed by atoms with E-state index in [1.54, 1.807) is 24.3 Å². The van der Waals surface area contributed by atoms with E-state index in [4.69, 9.17) is 39.9 Å². The molecular formula is C13H7Cl3O2. The van der Waals surface area contributed by atoms with Gasteiger partial charge in [-0.15, -0.1) is 0 Å². The number of hydrogen-bond acceptors (Lipinski definition) is 1. The maximum Gasteiger partial charge on any atom is 0.335 e. The van der Waals surface area contributed by atoms with Crippen molar-refractivity contribution < 1.29 is 9.90 Å². The van der Waals surface area contributed by atoms with Crippen molar-refractivity contribution in [2.45, 2.75) is 0 Å². The third-order valence-electron chi connectivity index (χ3n) is 2.38. The number of rotatable bonds is 2. The first kappa shape index (κ1) is 13.2. The van der Waals surface area contributed by atoms with Crippen molar-refractivity contribution in [2.75, 3.05) is 0 Å². The SMILES string of the molecule is O=C(O)c1cc(Cl)cc(-c2cc(Cl)ccc2Cl)c1. The molecule has 18 heavy (non-hydrogen) atoms. The van der Waals surface area contributed by atoms with Crippen LogP contribution in [0.3, 0.4) is 0 Å². The van der Waals surface area contributed by atoms with Crippen molar-refractivity contribution in [1.82, 2.24) is 0 Å². The minimum Gasteiger partial charge on any atom is -0.478 e. The molecule has 0 unspecified atom stereocenters. The standard InChI is InChI=1S/C13H7Cl3O2/c14-9-1-2-12(16)11(6-9)7-3-8(13(17)18)5-10(15)4-7/h1-6H,(H,17,18). The van der Waals surface area contributed by atoms with Gasteiger partial charge in [0.05, 0.1) is 5.56 Å². The lowest BCUT2D eigenvalue weighted by Gasteiger charge is -2.07. The highest BCUT2D eigenvalue weighted by molar-refractivity contribution is 6.35. The fraction of sp³-hybridized carbons (Fsp3) is 0. The van der Waals surface area contributed by atoms with Crippen LogP contribution in [0.4, 0.5) is 0 Å². The first-order valence-corrected chi connectivity index (χ1v) is 6.10. The number of halogens is 3. The molecule has 0 bridgehead atoms. The van der Waals surface area contributed by atoms with Gasteiger partial charge in [-0.3, -0.25) is 0 Å². The number of benzene rings is 2. The van der Waals surface area contributed by atoms with E-state index in [0.29, 0.717) is 26.2 Å². The van der Waals surface area contributed by atoms with Crippen LogP contribution in [0, 0.1) is 0 Å². The summed E-state index contributed by atoms with van der Waals surface area (Å²) in [5.74, 6) is -1.04. The van der Waals surface area contributed by atoms with E-state index in [1.807, 2.05) is 0 Å².